The minimum absolute atomic E-state index is 0.119. The van der Waals surface area contributed by atoms with Crippen molar-refractivity contribution in [1.29, 1.82) is 0 Å². The van der Waals surface area contributed by atoms with Crippen LogP contribution in [0.1, 0.15) is 29.2 Å². The van der Waals surface area contributed by atoms with Gasteiger partial charge in [0, 0.05) is 17.8 Å². The quantitative estimate of drug-likeness (QED) is 0.609. The van der Waals surface area contributed by atoms with E-state index < -0.39 is 0 Å². The van der Waals surface area contributed by atoms with Gasteiger partial charge in [0.1, 0.15) is 0 Å². The van der Waals surface area contributed by atoms with Crippen LogP contribution in [0.15, 0.2) is 84.9 Å². The summed E-state index contributed by atoms with van der Waals surface area (Å²) in [7, 11) is 0. The van der Waals surface area contributed by atoms with Crippen LogP contribution >= 0.6 is 0 Å². The van der Waals surface area contributed by atoms with Crippen LogP contribution in [0.3, 0.4) is 0 Å². The molecular weight excluding hydrogens is 302 g/mol. The fraction of sp³-hybridized carbons (Fsp3) is 0.167. The maximum atomic E-state index is 2.60. The van der Waals surface area contributed by atoms with Gasteiger partial charge in [-0.1, -0.05) is 78.9 Å². The summed E-state index contributed by atoms with van der Waals surface area (Å²) in [6, 6.07) is 28.5. The van der Waals surface area contributed by atoms with Gasteiger partial charge in [0.05, 0.1) is 5.54 Å². The second-order valence-electron chi connectivity index (χ2n) is 7.15. The largest absolute Gasteiger partial charge is 0.357 e. The van der Waals surface area contributed by atoms with Gasteiger partial charge in [-0.2, -0.15) is 0 Å². The zero-order chi connectivity index (χ0) is 16.9. The van der Waals surface area contributed by atoms with Crippen LogP contribution in [0.5, 0.6) is 0 Å². The highest BCUT2D eigenvalue weighted by atomic mass is 15.2. The molecule has 0 fully saturated rings. The monoisotopic (exact) mass is 323 g/mol. The molecule has 0 radical (unpaired) electrons. The number of nitrogens with zero attached hydrogens (tertiary/aromatic N) is 1. The van der Waals surface area contributed by atoms with Crippen LogP contribution < -0.4 is 4.90 Å². The molecular formula is C24H21N. The van der Waals surface area contributed by atoms with E-state index >= 15 is 0 Å². The van der Waals surface area contributed by atoms with Gasteiger partial charge in [0.25, 0.3) is 0 Å². The summed E-state index contributed by atoms with van der Waals surface area (Å²) in [6.45, 7) is 3.44. The molecule has 0 amide bonds. The SMILES string of the molecule is CC1(c2ccccc2)C=C(c2ccccc2)c2cccc3c2N1CC3. The van der Waals surface area contributed by atoms with Crippen molar-refractivity contribution in [2.24, 2.45) is 0 Å². The lowest BCUT2D eigenvalue weighted by Gasteiger charge is -2.44. The van der Waals surface area contributed by atoms with E-state index in [1.165, 1.54) is 33.5 Å². The molecule has 25 heavy (non-hydrogen) atoms. The Bertz CT molecular complexity index is 956. The second kappa shape index (κ2) is 5.35. The Balaban J connectivity index is 1.80. The fourth-order valence-corrected chi connectivity index (χ4v) is 4.45. The highest BCUT2D eigenvalue weighted by Gasteiger charge is 2.41. The number of hydrogen-bond acceptors (Lipinski definition) is 1. The molecule has 1 unspecified atom stereocenters. The third kappa shape index (κ3) is 2.09. The standard InChI is InChI=1S/C24H21N/c1-24(20-12-6-3-7-13-20)17-22(18-9-4-2-5-10-18)21-14-8-11-19-15-16-25(24)23(19)21/h2-14,17H,15-16H2,1H3. The molecule has 0 bridgehead atoms. The Labute approximate surface area is 149 Å². The number of hydrogen-bond donors (Lipinski definition) is 0. The Morgan fingerprint density at radius 3 is 2.28 bits per heavy atom. The van der Waals surface area contributed by atoms with Gasteiger partial charge in [-0.15, -0.1) is 0 Å². The van der Waals surface area contributed by atoms with Crippen LogP contribution in [0, 0.1) is 0 Å². The first-order valence-electron chi connectivity index (χ1n) is 9.01. The van der Waals surface area contributed by atoms with Crippen molar-refractivity contribution < 1.29 is 0 Å². The van der Waals surface area contributed by atoms with Crippen LogP contribution in [-0.2, 0) is 12.0 Å². The average Bonchev–Trinajstić information content (AvgIpc) is 3.12. The van der Waals surface area contributed by atoms with Crippen LogP contribution in [0.2, 0.25) is 0 Å². The molecule has 0 N–H and O–H groups in total. The van der Waals surface area contributed by atoms with E-state index in [1.54, 1.807) is 0 Å². The molecule has 1 heteroatoms. The van der Waals surface area contributed by atoms with E-state index in [-0.39, 0.29) is 5.54 Å². The Morgan fingerprint density at radius 1 is 0.800 bits per heavy atom. The summed E-state index contributed by atoms with van der Waals surface area (Å²) in [5, 5.41) is 0. The van der Waals surface area contributed by atoms with E-state index in [9.17, 15) is 0 Å². The van der Waals surface area contributed by atoms with Gasteiger partial charge in [0.2, 0.25) is 0 Å². The molecule has 0 aromatic heterocycles. The van der Waals surface area contributed by atoms with Crippen LogP contribution in [-0.4, -0.2) is 6.54 Å². The molecule has 2 aliphatic heterocycles. The molecule has 1 nitrogen and oxygen atoms in total. The second-order valence-corrected chi connectivity index (χ2v) is 7.15. The van der Waals surface area contributed by atoms with E-state index in [0.717, 1.165) is 13.0 Å². The van der Waals surface area contributed by atoms with Gasteiger partial charge in [-0.3, -0.25) is 0 Å². The summed E-state index contributed by atoms with van der Waals surface area (Å²) < 4.78 is 0. The molecule has 3 aromatic rings. The Kier molecular flexibility index (Phi) is 3.11. The number of para-hydroxylation sites is 1. The van der Waals surface area contributed by atoms with Gasteiger partial charge in [-0.05, 0) is 41.7 Å². The van der Waals surface area contributed by atoms with Gasteiger partial charge in [-0.25, -0.2) is 0 Å². The summed E-state index contributed by atoms with van der Waals surface area (Å²) in [4.78, 5) is 2.60. The van der Waals surface area contributed by atoms with Crippen molar-refractivity contribution in [2.45, 2.75) is 18.9 Å². The maximum absolute atomic E-state index is 2.60. The van der Waals surface area contributed by atoms with Crippen molar-refractivity contribution in [1.82, 2.24) is 0 Å². The zero-order valence-corrected chi connectivity index (χ0v) is 14.4. The summed E-state index contributed by atoms with van der Waals surface area (Å²) in [5.74, 6) is 0. The van der Waals surface area contributed by atoms with Crippen LogP contribution in [0.4, 0.5) is 5.69 Å². The lowest BCUT2D eigenvalue weighted by molar-refractivity contribution is 0.552. The van der Waals surface area contributed by atoms with Crippen molar-refractivity contribution in [2.75, 3.05) is 11.4 Å². The molecule has 0 saturated carbocycles. The highest BCUT2D eigenvalue weighted by molar-refractivity contribution is 5.92. The number of anilines is 1. The van der Waals surface area contributed by atoms with E-state index in [2.05, 4.69) is 96.8 Å². The van der Waals surface area contributed by atoms with E-state index in [0.29, 0.717) is 0 Å². The molecule has 0 saturated heterocycles. The normalized spacial score (nSPS) is 21.0. The van der Waals surface area contributed by atoms with Gasteiger partial charge >= 0.3 is 0 Å². The average molecular weight is 323 g/mol. The number of benzene rings is 3. The van der Waals surface area contributed by atoms with Crippen molar-refractivity contribution in [3.8, 4) is 0 Å². The predicted octanol–water partition coefficient (Wildman–Crippen LogP) is 5.41. The molecule has 3 aromatic carbocycles. The fourth-order valence-electron chi connectivity index (χ4n) is 4.45. The lowest BCUT2D eigenvalue weighted by atomic mass is 9.80. The minimum atomic E-state index is -0.119. The van der Waals surface area contributed by atoms with Crippen LogP contribution in [0.25, 0.3) is 5.57 Å². The Morgan fingerprint density at radius 2 is 1.52 bits per heavy atom. The smallest absolute Gasteiger partial charge is 0.0818 e. The molecule has 2 aliphatic rings. The summed E-state index contributed by atoms with van der Waals surface area (Å²) in [6.07, 6.45) is 3.59. The summed E-state index contributed by atoms with van der Waals surface area (Å²) in [5.41, 5.74) is 8.15. The third-order valence-electron chi connectivity index (χ3n) is 5.71. The molecule has 0 spiro atoms. The topological polar surface area (TPSA) is 3.24 Å². The van der Waals surface area contributed by atoms with Crippen molar-refractivity contribution in [3.63, 3.8) is 0 Å². The van der Waals surface area contributed by atoms with E-state index in [4.69, 9.17) is 0 Å². The molecule has 0 aliphatic carbocycles. The predicted molar refractivity (Wildman–Crippen MR) is 105 cm³/mol. The lowest BCUT2D eigenvalue weighted by Crippen LogP contribution is -2.44. The van der Waals surface area contributed by atoms with E-state index in [1.807, 2.05) is 0 Å². The zero-order valence-electron chi connectivity index (χ0n) is 14.4. The molecule has 122 valence electrons. The minimum Gasteiger partial charge on any atom is -0.357 e. The molecule has 1 atom stereocenters. The van der Waals surface area contributed by atoms with Crippen molar-refractivity contribution >= 4 is 11.3 Å². The maximum Gasteiger partial charge on any atom is 0.0818 e. The Hall–Kier alpha value is -2.80. The van der Waals surface area contributed by atoms with Gasteiger partial charge in [0.15, 0.2) is 0 Å². The third-order valence-corrected chi connectivity index (χ3v) is 5.71. The highest BCUT2D eigenvalue weighted by Crippen LogP contribution is 2.50. The number of rotatable bonds is 2. The van der Waals surface area contributed by atoms with Gasteiger partial charge < -0.3 is 4.90 Å². The first-order chi connectivity index (χ1) is 12.3. The summed E-state index contributed by atoms with van der Waals surface area (Å²) >= 11 is 0. The van der Waals surface area contributed by atoms with Crippen molar-refractivity contribution in [3.05, 3.63) is 107 Å². The molecule has 2 heterocycles. The first kappa shape index (κ1) is 14.5. The molecule has 5 rings (SSSR count). The first-order valence-corrected chi connectivity index (χ1v) is 9.01.